The van der Waals surface area contributed by atoms with Gasteiger partial charge in [-0.1, -0.05) is 11.2 Å². The Kier molecular flexibility index (Phi) is 3.97. The molecule has 0 aliphatic rings. The van der Waals surface area contributed by atoms with Crippen LogP contribution in [-0.2, 0) is 0 Å². The van der Waals surface area contributed by atoms with Crippen molar-refractivity contribution in [3.05, 3.63) is 38.9 Å². The van der Waals surface area contributed by atoms with Crippen LogP contribution in [0.2, 0.25) is 0 Å². The number of halogens is 1. The van der Waals surface area contributed by atoms with Gasteiger partial charge in [0.2, 0.25) is 0 Å². The van der Waals surface area contributed by atoms with Crippen molar-refractivity contribution >= 4 is 22.0 Å². The average molecular weight is 255 g/mol. The second-order valence-corrected chi connectivity index (χ2v) is 3.17. The van der Waals surface area contributed by atoms with E-state index < -0.39 is 0 Å². The second-order valence-electron chi connectivity index (χ2n) is 2.35. The SMILES string of the molecule is [N-]=[N+]=NCC=Cc1nc(Br)ccc1O. The average Bonchev–Trinajstić information content (AvgIpc) is 2.18. The van der Waals surface area contributed by atoms with Crippen LogP contribution in [0.25, 0.3) is 16.5 Å². The van der Waals surface area contributed by atoms with Gasteiger partial charge in [-0.2, -0.15) is 0 Å². The summed E-state index contributed by atoms with van der Waals surface area (Å²) in [5.41, 5.74) is 8.45. The van der Waals surface area contributed by atoms with E-state index in [0.29, 0.717) is 10.3 Å². The van der Waals surface area contributed by atoms with Crippen molar-refractivity contribution in [3.8, 4) is 5.75 Å². The van der Waals surface area contributed by atoms with Crippen LogP contribution in [0, 0.1) is 0 Å². The minimum Gasteiger partial charge on any atom is -0.506 e. The molecule has 5 nitrogen and oxygen atoms in total. The van der Waals surface area contributed by atoms with E-state index in [4.69, 9.17) is 5.53 Å². The lowest BCUT2D eigenvalue weighted by Crippen LogP contribution is -1.82. The molecule has 0 fully saturated rings. The minimum atomic E-state index is 0.0883. The maximum absolute atomic E-state index is 9.35. The van der Waals surface area contributed by atoms with E-state index in [-0.39, 0.29) is 12.3 Å². The second kappa shape index (κ2) is 5.26. The Morgan fingerprint density at radius 3 is 3.14 bits per heavy atom. The van der Waals surface area contributed by atoms with Gasteiger partial charge in [-0.3, -0.25) is 0 Å². The molecule has 1 N–H and O–H groups in total. The highest BCUT2D eigenvalue weighted by molar-refractivity contribution is 9.10. The van der Waals surface area contributed by atoms with Crippen LogP contribution in [0.3, 0.4) is 0 Å². The highest BCUT2D eigenvalue weighted by atomic mass is 79.9. The van der Waals surface area contributed by atoms with E-state index in [9.17, 15) is 5.11 Å². The topological polar surface area (TPSA) is 81.9 Å². The molecule has 6 heteroatoms. The Hall–Kier alpha value is -1.52. The Morgan fingerprint density at radius 2 is 2.43 bits per heavy atom. The first-order valence-electron chi connectivity index (χ1n) is 3.77. The molecule has 14 heavy (non-hydrogen) atoms. The van der Waals surface area contributed by atoms with Crippen LogP contribution in [0.4, 0.5) is 0 Å². The van der Waals surface area contributed by atoms with E-state index in [1.54, 1.807) is 18.2 Å². The zero-order valence-corrected chi connectivity index (χ0v) is 8.72. The van der Waals surface area contributed by atoms with Crippen molar-refractivity contribution < 1.29 is 5.11 Å². The van der Waals surface area contributed by atoms with Gasteiger partial charge >= 0.3 is 0 Å². The van der Waals surface area contributed by atoms with Gasteiger partial charge in [0.05, 0.1) is 0 Å². The van der Waals surface area contributed by atoms with Gasteiger partial charge in [0.1, 0.15) is 16.0 Å². The van der Waals surface area contributed by atoms with Gasteiger partial charge in [-0.15, -0.1) is 0 Å². The van der Waals surface area contributed by atoms with Gasteiger partial charge in [0.25, 0.3) is 0 Å². The number of aromatic hydroxyl groups is 1. The van der Waals surface area contributed by atoms with E-state index in [1.165, 1.54) is 6.07 Å². The molecule has 0 amide bonds. The first-order chi connectivity index (χ1) is 6.74. The zero-order chi connectivity index (χ0) is 10.4. The largest absolute Gasteiger partial charge is 0.506 e. The van der Waals surface area contributed by atoms with Gasteiger partial charge in [0.15, 0.2) is 0 Å². The van der Waals surface area contributed by atoms with Crippen molar-refractivity contribution in [1.29, 1.82) is 0 Å². The minimum absolute atomic E-state index is 0.0883. The summed E-state index contributed by atoms with van der Waals surface area (Å²) in [6.45, 7) is 0.240. The summed E-state index contributed by atoms with van der Waals surface area (Å²) in [4.78, 5) is 6.60. The molecular weight excluding hydrogens is 248 g/mol. The maximum atomic E-state index is 9.35. The molecule has 0 radical (unpaired) electrons. The maximum Gasteiger partial charge on any atom is 0.141 e. The molecule has 0 aliphatic carbocycles. The highest BCUT2D eigenvalue weighted by Crippen LogP contribution is 2.18. The lowest BCUT2D eigenvalue weighted by Gasteiger charge is -1.97. The molecule has 1 aromatic heterocycles. The lowest BCUT2D eigenvalue weighted by molar-refractivity contribution is 0.471. The molecular formula is C8H7BrN4O. The summed E-state index contributed by atoms with van der Waals surface area (Å²) in [5, 5.41) is 12.7. The Bertz CT molecular complexity index is 398. The molecule has 0 aromatic carbocycles. The molecule has 0 saturated heterocycles. The fraction of sp³-hybridized carbons (Fsp3) is 0.125. The predicted molar refractivity (Wildman–Crippen MR) is 56.6 cm³/mol. The molecule has 0 spiro atoms. The fourth-order valence-corrected chi connectivity index (χ4v) is 1.14. The number of pyridine rings is 1. The van der Waals surface area contributed by atoms with Crippen LogP contribution < -0.4 is 0 Å². The summed E-state index contributed by atoms with van der Waals surface area (Å²) in [6, 6.07) is 3.17. The fourth-order valence-electron chi connectivity index (χ4n) is 0.813. The molecule has 0 atom stereocenters. The smallest absolute Gasteiger partial charge is 0.141 e. The highest BCUT2D eigenvalue weighted by Gasteiger charge is 1.98. The molecule has 1 heterocycles. The molecule has 0 unspecified atom stereocenters. The van der Waals surface area contributed by atoms with Gasteiger partial charge in [-0.25, -0.2) is 4.98 Å². The third-order valence-corrected chi connectivity index (χ3v) is 1.84. The quantitative estimate of drug-likeness (QED) is 0.390. The van der Waals surface area contributed by atoms with Crippen LogP contribution >= 0.6 is 15.9 Å². The summed E-state index contributed by atoms with van der Waals surface area (Å²) in [6.07, 6.45) is 3.21. The summed E-state index contributed by atoms with van der Waals surface area (Å²) >= 11 is 3.18. The van der Waals surface area contributed by atoms with E-state index in [2.05, 4.69) is 30.9 Å². The molecule has 0 saturated carbocycles. The molecule has 0 aliphatic heterocycles. The molecule has 0 bridgehead atoms. The third-order valence-electron chi connectivity index (χ3n) is 1.39. The van der Waals surface area contributed by atoms with Gasteiger partial charge in [0, 0.05) is 11.5 Å². The van der Waals surface area contributed by atoms with Crippen LogP contribution in [-0.4, -0.2) is 16.6 Å². The van der Waals surface area contributed by atoms with Gasteiger partial charge < -0.3 is 5.11 Å². The van der Waals surface area contributed by atoms with Crippen molar-refractivity contribution in [2.75, 3.05) is 6.54 Å². The Morgan fingerprint density at radius 1 is 1.64 bits per heavy atom. The first-order valence-corrected chi connectivity index (χ1v) is 4.56. The molecule has 72 valence electrons. The summed E-state index contributed by atoms with van der Waals surface area (Å²) in [7, 11) is 0. The standard InChI is InChI=1S/C8H7BrN4O/c9-8-4-3-7(14)6(12-8)2-1-5-11-13-10/h1-4,14H,5H2. The predicted octanol–water partition coefficient (Wildman–Crippen LogP) is 2.87. The van der Waals surface area contributed by atoms with Crippen LogP contribution in [0.15, 0.2) is 27.9 Å². The molecule has 1 aromatic rings. The van der Waals surface area contributed by atoms with Gasteiger partial charge in [-0.05, 0) is 39.7 Å². The van der Waals surface area contributed by atoms with Crippen molar-refractivity contribution in [2.45, 2.75) is 0 Å². The number of hydrogen-bond donors (Lipinski definition) is 1. The lowest BCUT2D eigenvalue weighted by atomic mass is 10.3. The van der Waals surface area contributed by atoms with Crippen LogP contribution in [0.5, 0.6) is 5.75 Å². The van der Waals surface area contributed by atoms with E-state index >= 15 is 0 Å². The number of rotatable bonds is 3. The summed E-state index contributed by atoms with van der Waals surface area (Å²) in [5.74, 6) is 0.0883. The van der Waals surface area contributed by atoms with E-state index in [1.807, 2.05) is 0 Å². The van der Waals surface area contributed by atoms with E-state index in [0.717, 1.165) is 0 Å². The third kappa shape index (κ3) is 3.08. The summed E-state index contributed by atoms with van der Waals surface area (Å²) < 4.78 is 0.638. The van der Waals surface area contributed by atoms with Crippen molar-refractivity contribution in [1.82, 2.24) is 4.98 Å². The molecule has 1 rings (SSSR count). The number of hydrogen-bond acceptors (Lipinski definition) is 3. The van der Waals surface area contributed by atoms with Crippen molar-refractivity contribution in [3.63, 3.8) is 0 Å². The number of aromatic nitrogens is 1. The van der Waals surface area contributed by atoms with Crippen molar-refractivity contribution in [2.24, 2.45) is 5.11 Å². The Labute approximate surface area is 88.9 Å². The monoisotopic (exact) mass is 254 g/mol. The first kappa shape index (κ1) is 10.6. The van der Waals surface area contributed by atoms with Crippen LogP contribution in [0.1, 0.15) is 5.69 Å². The normalized spacial score (nSPS) is 10.1. The zero-order valence-electron chi connectivity index (χ0n) is 7.13. The Balaban J connectivity index is 2.79. The number of azide groups is 1. The number of nitrogens with zero attached hydrogens (tertiary/aromatic N) is 4.